The van der Waals surface area contributed by atoms with Crippen molar-refractivity contribution in [2.24, 2.45) is 10.9 Å². The molecule has 0 N–H and O–H groups in total. The molecule has 0 saturated carbocycles. The maximum absolute atomic E-state index is 12.4. The average Bonchev–Trinajstić information content (AvgIpc) is 2.64. The van der Waals surface area contributed by atoms with E-state index in [2.05, 4.69) is 4.99 Å². The molecule has 0 bridgehead atoms. The Labute approximate surface area is 148 Å². The molecule has 25 heavy (non-hydrogen) atoms. The molecule has 0 spiro atoms. The van der Waals surface area contributed by atoms with Gasteiger partial charge in [0, 0.05) is 26.1 Å². The van der Waals surface area contributed by atoms with E-state index in [1.165, 1.54) is 11.3 Å². The normalized spacial score (nSPS) is 22.9. The third-order valence-corrected chi connectivity index (χ3v) is 4.97. The fourth-order valence-electron chi connectivity index (χ4n) is 3.51. The first-order valence-corrected chi connectivity index (χ1v) is 9.23. The Kier molecular flexibility index (Phi) is 5.79. The van der Waals surface area contributed by atoms with Crippen LogP contribution in [0.15, 0.2) is 29.3 Å². The van der Waals surface area contributed by atoms with Crippen molar-refractivity contribution in [3.05, 3.63) is 24.3 Å². The molecule has 2 aliphatic heterocycles. The van der Waals surface area contributed by atoms with Crippen LogP contribution in [0.25, 0.3) is 0 Å². The first-order valence-electron chi connectivity index (χ1n) is 9.23. The summed E-state index contributed by atoms with van der Waals surface area (Å²) in [5.74, 6) is -0.387. The fourth-order valence-corrected chi connectivity index (χ4v) is 3.51. The van der Waals surface area contributed by atoms with Crippen molar-refractivity contribution in [1.29, 1.82) is 0 Å². The molecule has 0 aromatic rings. The average molecular weight is 343 g/mol. The number of likely N-dealkylation sites (tertiary alicyclic amines) is 1. The first kappa shape index (κ1) is 17.6. The molecule has 134 valence electrons. The van der Waals surface area contributed by atoms with Gasteiger partial charge in [-0.25, -0.2) is 4.79 Å². The molecule has 3 aliphatic rings. The van der Waals surface area contributed by atoms with Crippen LogP contribution >= 0.6 is 0 Å². The Morgan fingerprint density at radius 2 is 1.88 bits per heavy atom. The van der Waals surface area contributed by atoms with Crippen LogP contribution in [-0.4, -0.2) is 53.0 Å². The quantitative estimate of drug-likeness (QED) is 0.696. The van der Waals surface area contributed by atoms with Crippen LogP contribution in [0, 0.1) is 5.92 Å². The van der Waals surface area contributed by atoms with Crippen LogP contribution in [-0.2, 0) is 9.59 Å². The Hall–Kier alpha value is -2.24. The highest BCUT2D eigenvalue weighted by Crippen LogP contribution is 2.20. The zero-order chi connectivity index (χ0) is 17.6. The van der Waals surface area contributed by atoms with E-state index in [-0.39, 0.29) is 11.8 Å². The smallest absolute Gasteiger partial charge is 0.343 e. The van der Waals surface area contributed by atoms with Gasteiger partial charge >= 0.3 is 6.03 Å². The molecule has 1 fully saturated rings. The molecule has 1 unspecified atom stereocenters. The number of aliphatic imine (C=N–C) groups is 1. The molecule has 0 radical (unpaired) electrons. The van der Waals surface area contributed by atoms with E-state index < -0.39 is 11.9 Å². The summed E-state index contributed by atoms with van der Waals surface area (Å²) in [6.45, 7) is 2.15. The minimum absolute atomic E-state index is 0.194. The third-order valence-electron chi connectivity index (χ3n) is 4.97. The van der Waals surface area contributed by atoms with E-state index >= 15 is 0 Å². The van der Waals surface area contributed by atoms with Gasteiger partial charge < -0.3 is 4.90 Å². The molecular weight excluding hydrogens is 318 g/mol. The van der Waals surface area contributed by atoms with Gasteiger partial charge in [0.2, 0.25) is 11.8 Å². The number of piperidine rings is 1. The number of allylic oxidation sites excluding steroid dienone is 3. The second-order valence-electron chi connectivity index (χ2n) is 6.78. The number of nitrogens with zero attached hydrogens (tertiary/aromatic N) is 3. The lowest BCUT2D eigenvalue weighted by molar-refractivity contribution is -0.132. The predicted octanol–water partition coefficient (Wildman–Crippen LogP) is 2.70. The second kappa shape index (κ2) is 8.23. The summed E-state index contributed by atoms with van der Waals surface area (Å²) in [7, 11) is 0. The highest BCUT2D eigenvalue weighted by atomic mass is 16.2. The van der Waals surface area contributed by atoms with Crippen LogP contribution in [0.2, 0.25) is 0 Å². The number of urea groups is 1. The van der Waals surface area contributed by atoms with Gasteiger partial charge in [0.15, 0.2) is 0 Å². The zero-order valence-corrected chi connectivity index (χ0v) is 14.5. The molecular formula is C19H25N3O3. The number of unbranched alkanes of at least 4 members (excludes halogenated alkanes) is 2. The molecule has 0 aromatic heterocycles. The van der Waals surface area contributed by atoms with Gasteiger partial charge in [0.25, 0.3) is 0 Å². The SMILES string of the molecule is O=C(CCCCCN1C(=O)N=C2C=CC=CC2C1=O)N1CCCCC1. The molecule has 6 heteroatoms. The lowest BCUT2D eigenvalue weighted by Gasteiger charge is -2.28. The number of imide groups is 1. The number of hydrogen-bond acceptors (Lipinski definition) is 3. The van der Waals surface area contributed by atoms with Crippen LogP contribution in [0.3, 0.4) is 0 Å². The van der Waals surface area contributed by atoms with Gasteiger partial charge in [0.1, 0.15) is 0 Å². The summed E-state index contributed by atoms with van der Waals surface area (Å²) in [5, 5.41) is 0. The van der Waals surface area contributed by atoms with Crippen LogP contribution in [0.4, 0.5) is 4.79 Å². The topological polar surface area (TPSA) is 70.0 Å². The van der Waals surface area contributed by atoms with Crippen molar-refractivity contribution in [3.63, 3.8) is 0 Å². The number of hydrogen-bond donors (Lipinski definition) is 0. The number of carbonyl (C=O) groups is 3. The van der Waals surface area contributed by atoms with Gasteiger partial charge in [-0.1, -0.05) is 24.6 Å². The lowest BCUT2D eigenvalue weighted by Crippen LogP contribution is -2.46. The van der Waals surface area contributed by atoms with Gasteiger partial charge in [-0.05, 0) is 38.2 Å². The molecule has 4 amide bonds. The van der Waals surface area contributed by atoms with E-state index in [0.29, 0.717) is 25.1 Å². The van der Waals surface area contributed by atoms with Gasteiger partial charge in [-0.3, -0.25) is 14.5 Å². The Balaban J connectivity index is 1.40. The van der Waals surface area contributed by atoms with Gasteiger partial charge in [0.05, 0.1) is 11.6 Å². The summed E-state index contributed by atoms with van der Waals surface area (Å²) in [6, 6.07) is -0.472. The van der Waals surface area contributed by atoms with E-state index in [1.807, 2.05) is 11.0 Å². The van der Waals surface area contributed by atoms with E-state index in [9.17, 15) is 14.4 Å². The summed E-state index contributed by atoms with van der Waals surface area (Å²) in [4.78, 5) is 43.8. The van der Waals surface area contributed by atoms with Crippen LogP contribution < -0.4 is 0 Å². The Morgan fingerprint density at radius 3 is 2.68 bits per heavy atom. The Bertz CT molecular complexity index is 630. The number of rotatable bonds is 6. The number of fused-ring (bicyclic) bond motifs is 1. The number of carbonyl (C=O) groups excluding carboxylic acids is 3. The van der Waals surface area contributed by atoms with Crippen molar-refractivity contribution in [1.82, 2.24) is 9.80 Å². The third kappa shape index (κ3) is 4.24. The van der Waals surface area contributed by atoms with Crippen LogP contribution in [0.1, 0.15) is 44.9 Å². The highest BCUT2D eigenvalue weighted by Gasteiger charge is 2.35. The van der Waals surface area contributed by atoms with Crippen molar-refractivity contribution < 1.29 is 14.4 Å². The second-order valence-corrected chi connectivity index (χ2v) is 6.78. The number of amides is 4. The molecule has 1 aliphatic carbocycles. The molecule has 0 aromatic carbocycles. The fraction of sp³-hybridized carbons (Fsp3) is 0.579. The largest absolute Gasteiger partial charge is 0.350 e. The summed E-state index contributed by atoms with van der Waals surface area (Å²) in [5.41, 5.74) is 0.529. The highest BCUT2D eigenvalue weighted by molar-refractivity contribution is 6.21. The molecule has 2 heterocycles. The van der Waals surface area contributed by atoms with Gasteiger partial charge in [-0.2, -0.15) is 4.99 Å². The maximum Gasteiger partial charge on any atom is 0.350 e. The van der Waals surface area contributed by atoms with E-state index in [4.69, 9.17) is 0 Å². The van der Waals surface area contributed by atoms with Crippen molar-refractivity contribution in [2.75, 3.05) is 19.6 Å². The summed E-state index contributed by atoms with van der Waals surface area (Å²) >= 11 is 0. The van der Waals surface area contributed by atoms with E-state index in [1.54, 1.807) is 18.2 Å². The zero-order valence-electron chi connectivity index (χ0n) is 14.5. The maximum atomic E-state index is 12.4. The lowest BCUT2D eigenvalue weighted by atomic mass is 9.95. The van der Waals surface area contributed by atoms with Gasteiger partial charge in [-0.15, -0.1) is 0 Å². The molecule has 3 rings (SSSR count). The monoisotopic (exact) mass is 343 g/mol. The predicted molar refractivity (Wildman–Crippen MR) is 95.2 cm³/mol. The summed E-state index contributed by atoms with van der Waals surface area (Å²) in [6.07, 6.45) is 13.4. The molecule has 1 saturated heterocycles. The molecule has 1 atom stereocenters. The van der Waals surface area contributed by atoms with E-state index in [0.717, 1.165) is 38.8 Å². The van der Waals surface area contributed by atoms with Crippen molar-refractivity contribution in [3.8, 4) is 0 Å². The Morgan fingerprint density at radius 1 is 1.08 bits per heavy atom. The van der Waals surface area contributed by atoms with Crippen molar-refractivity contribution in [2.45, 2.75) is 44.9 Å². The van der Waals surface area contributed by atoms with Crippen LogP contribution in [0.5, 0.6) is 0 Å². The summed E-state index contributed by atoms with van der Waals surface area (Å²) < 4.78 is 0. The first-order chi connectivity index (χ1) is 12.2. The minimum atomic E-state index is -0.472. The van der Waals surface area contributed by atoms with Crippen molar-refractivity contribution >= 4 is 23.6 Å². The standard InChI is InChI=1S/C19H25N3O3/c23-17(21-12-6-2-7-13-21)11-3-1-8-14-22-18(24)15-9-4-5-10-16(15)20-19(22)25/h4-5,9-10,15H,1-3,6-8,11-14H2. The minimum Gasteiger partial charge on any atom is -0.343 e. The molecule has 6 nitrogen and oxygen atoms in total.